The average molecular weight is 420 g/mol. The van der Waals surface area contributed by atoms with E-state index in [4.69, 9.17) is 22.1 Å². The van der Waals surface area contributed by atoms with Gasteiger partial charge >= 0.3 is 12.0 Å². The van der Waals surface area contributed by atoms with Crippen molar-refractivity contribution in [3.63, 3.8) is 0 Å². The van der Waals surface area contributed by atoms with Crippen molar-refractivity contribution in [1.29, 1.82) is 0 Å². The van der Waals surface area contributed by atoms with E-state index in [1.54, 1.807) is 38.1 Å². The number of hydrogen-bond donors (Lipinski definition) is 3. The number of amides is 2. The van der Waals surface area contributed by atoms with Crippen molar-refractivity contribution in [2.75, 3.05) is 6.61 Å². The molecule has 1 aromatic carbocycles. The van der Waals surface area contributed by atoms with Crippen molar-refractivity contribution in [3.05, 3.63) is 57.4 Å². The fourth-order valence-corrected chi connectivity index (χ4v) is 3.25. The molecule has 1 aromatic heterocycles. The fourth-order valence-electron chi connectivity index (χ4n) is 3.12. The van der Waals surface area contributed by atoms with Crippen molar-refractivity contribution in [2.24, 2.45) is 5.73 Å². The number of nitrogens with two attached hydrogens (primary N) is 1. The number of Topliss-reactive ketones (excluding diaryl/α,β-unsaturated/α-hetero) is 2. The van der Waals surface area contributed by atoms with Crippen molar-refractivity contribution < 1.29 is 23.9 Å². The maximum Gasteiger partial charge on any atom is 0.312 e. The molecule has 2 aromatic rings. The van der Waals surface area contributed by atoms with Crippen molar-refractivity contribution in [1.82, 2.24) is 10.3 Å². The summed E-state index contributed by atoms with van der Waals surface area (Å²) in [5.41, 5.74) is 7.57. The molecule has 4 N–H and O–H groups in total. The zero-order chi connectivity index (χ0) is 21.7. The van der Waals surface area contributed by atoms with Crippen LogP contribution in [0.15, 0.2) is 24.3 Å². The van der Waals surface area contributed by atoms with Gasteiger partial charge in [0.25, 0.3) is 0 Å². The van der Waals surface area contributed by atoms with Crippen LogP contribution in [0, 0.1) is 13.8 Å². The molecule has 2 rings (SSSR count). The Morgan fingerprint density at radius 3 is 2.31 bits per heavy atom. The third kappa shape index (κ3) is 5.68. The first-order valence-corrected chi connectivity index (χ1v) is 9.18. The minimum atomic E-state index is -0.803. The molecular weight excluding hydrogens is 398 g/mol. The largest absolute Gasteiger partial charge is 0.457 e. The maximum atomic E-state index is 12.4. The summed E-state index contributed by atoms with van der Waals surface area (Å²) in [5, 5.41) is 2.97. The third-order valence-electron chi connectivity index (χ3n) is 4.39. The summed E-state index contributed by atoms with van der Waals surface area (Å²) in [4.78, 5) is 50.4. The Kier molecular flexibility index (Phi) is 7.17. The van der Waals surface area contributed by atoms with Crippen LogP contribution in [0.3, 0.4) is 0 Å². The highest BCUT2D eigenvalue weighted by molar-refractivity contribution is 6.30. The van der Waals surface area contributed by atoms with E-state index in [2.05, 4.69) is 10.3 Å². The summed E-state index contributed by atoms with van der Waals surface area (Å²) >= 11 is 5.85. The van der Waals surface area contributed by atoms with Gasteiger partial charge in [-0.15, -0.1) is 0 Å². The Hall–Kier alpha value is -3.13. The van der Waals surface area contributed by atoms with E-state index in [0.29, 0.717) is 27.4 Å². The quantitative estimate of drug-likeness (QED) is 0.447. The molecule has 1 heterocycles. The molecule has 154 valence electrons. The summed E-state index contributed by atoms with van der Waals surface area (Å²) in [6.45, 7) is 4.27. The number of carbonyl (C=O) groups is 4. The number of hydrogen-bond acceptors (Lipinski definition) is 5. The molecule has 0 unspecified atom stereocenters. The van der Waals surface area contributed by atoms with Gasteiger partial charge in [0, 0.05) is 16.3 Å². The van der Waals surface area contributed by atoms with Gasteiger partial charge < -0.3 is 20.8 Å². The van der Waals surface area contributed by atoms with Crippen LogP contribution in [0.2, 0.25) is 5.02 Å². The van der Waals surface area contributed by atoms with Crippen LogP contribution >= 0.6 is 11.6 Å². The van der Waals surface area contributed by atoms with E-state index in [1.165, 1.54) is 6.92 Å². The highest BCUT2D eigenvalue weighted by Crippen LogP contribution is 2.21. The second kappa shape index (κ2) is 9.38. The lowest BCUT2D eigenvalue weighted by Gasteiger charge is -2.17. The lowest BCUT2D eigenvalue weighted by molar-refractivity contribution is -0.143. The van der Waals surface area contributed by atoms with E-state index in [-0.39, 0.29) is 17.9 Å². The maximum absolute atomic E-state index is 12.4. The highest BCUT2D eigenvalue weighted by Gasteiger charge is 2.22. The van der Waals surface area contributed by atoms with Gasteiger partial charge in [-0.1, -0.05) is 23.7 Å². The third-order valence-corrected chi connectivity index (χ3v) is 4.64. The van der Waals surface area contributed by atoms with Gasteiger partial charge in [-0.05, 0) is 44.0 Å². The Morgan fingerprint density at radius 1 is 1.17 bits per heavy atom. The summed E-state index contributed by atoms with van der Waals surface area (Å²) in [7, 11) is 0. The van der Waals surface area contributed by atoms with Gasteiger partial charge in [0.15, 0.2) is 12.4 Å². The van der Waals surface area contributed by atoms with Crippen LogP contribution in [0.4, 0.5) is 4.79 Å². The first-order chi connectivity index (χ1) is 13.6. The fraction of sp³-hybridized carbons (Fsp3) is 0.300. The molecule has 0 aliphatic carbocycles. The van der Waals surface area contributed by atoms with E-state index in [1.807, 2.05) is 0 Å². The number of rotatable bonds is 8. The number of urea groups is 1. The Balaban J connectivity index is 2.04. The number of primary amides is 1. The first kappa shape index (κ1) is 22.2. The van der Waals surface area contributed by atoms with Crippen LogP contribution < -0.4 is 11.1 Å². The van der Waals surface area contributed by atoms with Crippen molar-refractivity contribution in [3.8, 4) is 0 Å². The van der Waals surface area contributed by atoms with Crippen LogP contribution in [0.25, 0.3) is 0 Å². The van der Waals surface area contributed by atoms with Gasteiger partial charge in [-0.3, -0.25) is 14.4 Å². The van der Waals surface area contributed by atoms with Crippen LogP contribution in [-0.2, 0) is 9.53 Å². The molecule has 2 amide bonds. The Bertz CT molecular complexity index is 950. The molecule has 1 atom stereocenters. The van der Waals surface area contributed by atoms with Crippen LogP contribution in [0.5, 0.6) is 0 Å². The molecule has 9 heteroatoms. The number of ketones is 2. The number of aromatic nitrogens is 1. The summed E-state index contributed by atoms with van der Waals surface area (Å²) in [6, 6.07) is 4.99. The Morgan fingerprint density at radius 2 is 1.79 bits per heavy atom. The molecule has 0 bridgehead atoms. The predicted molar refractivity (Wildman–Crippen MR) is 107 cm³/mol. The Labute approximate surface area is 172 Å². The van der Waals surface area contributed by atoms with Gasteiger partial charge in [-0.2, -0.15) is 0 Å². The lowest BCUT2D eigenvalue weighted by Crippen LogP contribution is -2.34. The standard InChI is InChI=1S/C20H22ClN3O5/c1-10-18(12(3)25)11(2)23-19(10)16(26)9-29-17(27)8-15(24-20(22)28)13-4-6-14(21)7-5-13/h4-7,15,23H,8-9H2,1-3H3,(H3,22,24,28)/t15-/m1/s1. The SMILES string of the molecule is CC(=O)c1c(C)[nH]c(C(=O)COC(=O)C[C@@H](NC(N)=O)c2ccc(Cl)cc2)c1C. The average Bonchev–Trinajstić information content (AvgIpc) is 2.94. The normalized spacial score (nSPS) is 11.6. The molecule has 29 heavy (non-hydrogen) atoms. The van der Waals surface area contributed by atoms with Crippen LogP contribution in [-0.4, -0.2) is 35.2 Å². The smallest absolute Gasteiger partial charge is 0.312 e. The summed E-state index contributed by atoms with van der Waals surface area (Å²) in [5.74, 6) is -1.31. The summed E-state index contributed by atoms with van der Waals surface area (Å²) in [6.07, 6.45) is -0.223. The van der Waals surface area contributed by atoms with Gasteiger partial charge in [-0.25, -0.2) is 4.79 Å². The molecule has 0 aliphatic heterocycles. The van der Waals surface area contributed by atoms with Gasteiger partial charge in [0.1, 0.15) is 0 Å². The van der Waals surface area contributed by atoms with Crippen molar-refractivity contribution >= 4 is 35.2 Å². The number of nitrogens with one attached hydrogen (secondary N) is 2. The van der Waals surface area contributed by atoms with Crippen LogP contribution in [0.1, 0.15) is 57.1 Å². The molecule has 0 fully saturated rings. The predicted octanol–water partition coefficient (Wildman–Crippen LogP) is 3.01. The van der Waals surface area contributed by atoms with E-state index in [0.717, 1.165) is 0 Å². The van der Waals surface area contributed by atoms with Crippen molar-refractivity contribution in [2.45, 2.75) is 33.2 Å². The lowest BCUT2D eigenvalue weighted by atomic mass is 10.0. The number of ether oxygens (including phenoxy) is 1. The molecule has 8 nitrogen and oxygen atoms in total. The minimum absolute atomic E-state index is 0.157. The number of benzene rings is 1. The highest BCUT2D eigenvalue weighted by atomic mass is 35.5. The minimum Gasteiger partial charge on any atom is -0.457 e. The second-order valence-corrected chi connectivity index (χ2v) is 7.02. The number of esters is 1. The number of halogens is 1. The molecular formula is C20H22ClN3O5. The number of carbonyl (C=O) groups excluding carboxylic acids is 4. The monoisotopic (exact) mass is 419 g/mol. The topological polar surface area (TPSA) is 131 Å². The molecule has 0 saturated heterocycles. The zero-order valence-electron chi connectivity index (χ0n) is 16.3. The summed E-state index contributed by atoms with van der Waals surface area (Å²) < 4.78 is 5.07. The molecule has 0 saturated carbocycles. The van der Waals surface area contributed by atoms with Gasteiger partial charge in [0.05, 0.1) is 18.2 Å². The molecule has 0 aliphatic rings. The molecule has 0 spiro atoms. The number of aromatic amines is 1. The van der Waals surface area contributed by atoms with Gasteiger partial charge in [0.2, 0.25) is 5.78 Å². The second-order valence-electron chi connectivity index (χ2n) is 6.58. The zero-order valence-corrected chi connectivity index (χ0v) is 17.1. The number of aryl methyl sites for hydroxylation is 1. The first-order valence-electron chi connectivity index (χ1n) is 8.80. The number of H-pyrrole nitrogens is 1. The van der Waals surface area contributed by atoms with E-state index < -0.39 is 30.4 Å². The molecule has 0 radical (unpaired) electrons. The van der Waals surface area contributed by atoms with E-state index >= 15 is 0 Å². The van der Waals surface area contributed by atoms with E-state index in [9.17, 15) is 19.2 Å².